The molecule has 0 unspecified atom stereocenters. The number of carboxylic acids is 1. The Hall–Kier alpha value is -2.11. The van der Waals surface area contributed by atoms with E-state index in [1.807, 2.05) is 0 Å². The Morgan fingerprint density at radius 3 is 2.70 bits per heavy atom. The maximum absolute atomic E-state index is 12.3. The third-order valence-corrected chi connectivity index (χ3v) is 3.99. The number of fused-ring (bicyclic) bond motifs is 1. The van der Waals surface area contributed by atoms with Gasteiger partial charge in [-0.1, -0.05) is 17.7 Å². The summed E-state index contributed by atoms with van der Waals surface area (Å²) in [6, 6.07) is 7.88. The molecule has 0 amide bonds. The molecule has 1 N–H and O–H groups in total. The number of rotatable bonds is 3. The quantitative estimate of drug-likeness (QED) is 0.740. The number of thiophene rings is 1. The molecule has 0 saturated carbocycles. The molecule has 2 heterocycles. The molecule has 0 aliphatic rings. The molecule has 3 rings (SSSR count). The van der Waals surface area contributed by atoms with Crippen molar-refractivity contribution in [3.05, 3.63) is 56.9 Å². The molecule has 3 aromatic rings. The van der Waals surface area contributed by atoms with Crippen molar-refractivity contribution in [3.63, 3.8) is 0 Å². The van der Waals surface area contributed by atoms with Gasteiger partial charge in [-0.15, -0.1) is 11.3 Å². The zero-order valence-electron chi connectivity index (χ0n) is 9.92. The lowest BCUT2D eigenvalue weighted by atomic mass is 10.1. The number of aromatic carboxylic acids is 1. The molecule has 0 fully saturated rings. The molecule has 1 aromatic carbocycles. The summed E-state index contributed by atoms with van der Waals surface area (Å²) in [5.74, 6) is -1.54. The summed E-state index contributed by atoms with van der Waals surface area (Å²) < 4.78 is 5.14. The number of carboxylic acid groups (broad SMARTS) is 1. The molecular formula is C14H7ClO4S. The SMILES string of the molecule is O=C(O)c1cc2cc(C(=O)c3cccs3)c(Cl)cc2o1. The van der Waals surface area contributed by atoms with Gasteiger partial charge in [-0.25, -0.2) is 4.79 Å². The van der Waals surface area contributed by atoms with Gasteiger partial charge in [0.15, 0.2) is 0 Å². The minimum absolute atomic E-state index is 0.184. The van der Waals surface area contributed by atoms with Gasteiger partial charge in [-0.2, -0.15) is 0 Å². The second-order valence-corrected chi connectivity index (χ2v) is 5.45. The highest BCUT2D eigenvalue weighted by Gasteiger charge is 2.18. The van der Waals surface area contributed by atoms with Gasteiger partial charge in [0.05, 0.1) is 9.90 Å². The van der Waals surface area contributed by atoms with Gasteiger partial charge in [-0.3, -0.25) is 4.79 Å². The van der Waals surface area contributed by atoms with Crippen LogP contribution in [-0.2, 0) is 0 Å². The van der Waals surface area contributed by atoms with E-state index in [9.17, 15) is 9.59 Å². The normalized spacial score (nSPS) is 10.8. The Kier molecular flexibility index (Phi) is 3.08. The fraction of sp³-hybridized carbons (Fsp3) is 0. The smallest absolute Gasteiger partial charge is 0.371 e. The number of hydrogen-bond donors (Lipinski definition) is 1. The number of furan rings is 1. The van der Waals surface area contributed by atoms with E-state index in [1.54, 1.807) is 23.6 Å². The summed E-state index contributed by atoms with van der Waals surface area (Å²) in [5.41, 5.74) is 0.675. The molecule has 0 saturated heterocycles. The summed E-state index contributed by atoms with van der Waals surface area (Å²) in [7, 11) is 0. The second kappa shape index (κ2) is 4.77. The van der Waals surface area contributed by atoms with E-state index < -0.39 is 5.97 Å². The van der Waals surface area contributed by atoms with Crippen molar-refractivity contribution in [3.8, 4) is 0 Å². The van der Waals surface area contributed by atoms with E-state index in [-0.39, 0.29) is 16.6 Å². The van der Waals surface area contributed by atoms with E-state index in [0.29, 0.717) is 21.4 Å². The first-order valence-electron chi connectivity index (χ1n) is 5.61. The van der Waals surface area contributed by atoms with Crippen molar-refractivity contribution in [1.82, 2.24) is 0 Å². The standard InChI is InChI=1S/C14H7ClO4S/c15-9-6-10-7(5-11(19-10)14(17)18)4-8(9)13(16)12-2-1-3-20-12/h1-6H,(H,17,18). The number of hydrogen-bond acceptors (Lipinski definition) is 4. The van der Waals surface area contributed by atoms with Crippen LogP contribution in [0.2, 0.25) is 5.02 Å². The molecule has 0 aliphatic carbocycles. The Morgan fingerprint density at radius 1 is 1.25 bits per heavy atom. The second-order valence-electron chi connectivity index (χ2n) is 4.09. The third-order valence-electron chi connectivity index (χ3n) is 2.81. The summed E-state index contributed by atoms with van der Waals surface area (Å²) >= 11 is 7.40. The molecule has 2 aromatic heterocycles. The molecule has 4 nitrogen and oxygen atoms in total. The van der Waals surface area contributed by atoms with Gasteiger partial charge in [-0.05, 0) is 23.6 Å². The summed E-state index contributed by atoms with van der Waals surface area (Å²) in [4.78, 5) is 23.7. The molecule has 0 aliphatic heterocycles. The Labute approximate surface area is 122 Å². The zero-order chi connectivity index (χ0) is 14.3. The van der Waals surface area contributed by atoms with E-state index in [2.05, 4.69) is 0 Å². The van der Waals surface area contributed by atoms with Crippen LogP contribution in [0.25, 0.3) is 11.0 Å². The Morgan fingerprint density at radius 2 is 2.05 bits per heavy atom. The van der Waals surface area contributed by atoms with Crippen LogP contribution >= 0.6 is 22.9 Å². The van der Waals surface area contributed by atoms with Crippen molar-refractivity contribution in [1.29, 1.82) is 0 Å². The first-order chi connectivity index (χ1) is 9.56. The Bertz CT molecular complexity index is 817. The lowest BCUT2D eigenvalue weighted by Gasteiger charge is -2.01. The van der Waals surface area contributed by atoms with Gasteiger partial charge >= 0.3 is 5.97 Å². The highest BCUT2D eigenvalue weighted by Crippen LogP contribution is 2.29. The van der Waals surface area contributed by atoms with Crippen molar-refractivity contribution >= 4 is 45.7 Å². The number of halogens is 1. The maximum Gasteiger partial charge on any atom is 0.371 e. The van der Waals surface area contributed by atoms with Gasteiger partial charge in [0.25, 0.3) is 0 Å². The van der Waals surface area contributed by atoms with Gasteiger partial charge in [0.1, 0.15) is 5.58 Å². The van der Waals surface area contributed by atoms with E-state index in [1.165, 1.54) is 23.5 Å². The van der Waals surface area contributed by atoms with Crippen LogP contribution in [0.4, 0.5) is 0 Å². The van der Waals surface area contributed by atoms with Crippen LogP contribution < -0.4 is 0 Å². The van der Waals surface area contributed by atoms with Gasteiger partial charge in [0, 0.05) is 17.0 Å². The number of carbonyl (C=O) groups is 2. The van der Waals surface area contributed by atoms with E-state index >= 15 is 0 Å². The number of ketones is 1. The highest BCUT2D eigenvalue weighted by atomic mass is 35.5. The fourth-order valence-corrected chi connectivity index (χ4v) is 2.80. The lowest BCUT2D eigenvalue weighted by molar-refractivity contribution is 0.0665. The van der Waals surface area contributed by atoms with Gasteiger partial charge < -0.3 is 9.52 Å². The minimum Gasteiger partial charge on any atom is -0.475 e. The predicted molar refractivity (Wildman–Crippen MR) is 75.9 cm³/mol. The molecular weight excluding hydrogens is 300 g/mol. The minimum atomic E-state index is -1.16. The first-order valence-corrected chi connectivity index (χ1v) is 6.86. The van der Waals surface area contributed by atoms with Gasteiger partial charge in [0.2, 0.25) is 11.5 Å². The van der Waals surface area contributed by atoms with E-state index in [4.69, 9.17) is 21.1 Å². The third kappa shape index (κ3) is 2.11. The predicted octanol–water partition coefficient (Wildman–Crippen LogP) is 4.08. The van der Waals surface area contributed by atoms with Crippen LogP contribution in [0.3, 0.4) is 0 Å². The molecule has 0 spiro atoms. The largest absolute Gasteiger partial charge is 0.475 e. The van der Waals surface area contributed by atoms with Crippen LogP contribution in [-0.4, -0.2) is 16.9 Å². The maximum atomic E-state index is 12.3. The molecule has 100 valence electrons. The Balaban J connectivity index is 2.14. The fourth-order valence-electron chi connectivity index (χ4n) is 1.88. The molecule has 0 radical (unpaired) electrons. The van der Waals surface area contributed by atoms with Crippen LogP contribution in [0.1, 0.15) is 25.8 Å². The average Bonchev–Trinajstić information content (AvgIpc) is 3.05. The monoisotopic (exact) mass is 306 g/mol. The number of benzene rings is 1. The highest BCUT2D eigenvalue weighted by molar-refractivity contribution is 7.12. The van der Waals surface area contributed by atoms with Crippen molar-refractivity contribution < 1.29 is 19.1 Å². The summed E-state index contributed by atoms with van der Waals surface area (Å²) in [6.07, 6.45) is 0. The number of carbonyl (C=O) groups excluding carboxylic acids is 1. The molecule has 0 bridgehead atoms. The van der Waals surface area contributed by atoms with Crippen LogP contribution in [0.15, 0.2) is 40.1 Å². The van der Waals surface area contributed by atoms with E-state index in [0.717, 1.165) is 0 Å². The molecule has 20 heavy (non-hydrogen) atoms. The summed E-state index contributed by atoms with van der Waals surface area (Å²) in [5, 5.41) is 11.5. The van der Waals surface area contributed by atoms with Crippen LogP contribution in [0, 0.1) is 0 Å². The van der Waals surface area contributed by atoms with Crippen LogP contribution in [0.5, 0.6) is 0 Å². The first kappa shape index (κ1) is 12.9. The molecule has 0 atom stereocenters. The summed E-state index contributed by atoms with van der Waals surface area (Å²) in [6.45, 7) is 0. The van der Waals surface area contributed by atoms with Crippen molar-refractivity contribution in [2.75, 3.05) is 0 Å². The van der Waals surface area contributed by atoms with Crippen molar-refractivity contribution in [2.45, 2.75) is 0 Å². The topological polar surface area (TPSA) is 67.5 Å². The van der Waals surface area contributed by atoms with Crippen molar-refractivity contribution in [2.24, 2.45) is 0 Å². The average molecular weight is 307 g/mol. The lowest BCUT2D eigenvalue weighted by Crippen LogP contribution is -1.99. The molecule has 6 heteroatoms. The zero-order valence-corrected chi connectivity index (χ0v) is 11.5.